The number of furan rings is 1. The second kappa shape index (κ2) is 5.14. The molecule has 0 spiro atoms. The summed E-state index contributed by atoms with van der Waals surface area (Å²) in [5.74, 6) is 0.646. The van der Waals surface area contributed by atoms with Gasteiger partial charge in [0.1, 0.15) is 11.9 Å². The third-order valence-electron chi connectivity index (χ3n) is 2.55. The van der Waals surface area contributed by atoms with Crippen molar-refractivity contribution >= 4 is 5.91 Å². The van der Waals surface area contributed by atoms with Gasteiger partial charge in [0.25, 0.3) is 5.91 Å². The van der Waals surface area contributed by atoms with Crippen LogP contribution in [0.25, 0.3) is 0 Å². The van der Waals surface area contributed by atoms with E-state index in [9.17, 15) is 4.79 Å². The monoisotopic (exact) mass is 224 g/mol. The first-order chi connectivity index (χ1) is 7.77. The van der Waals surface area contributed by atoms with E-state index in [4.69, 9.17) is 9.15 Å². The molecule has 0 bridgehead atoms. The summed E-state index contributed by atoms with van der Waals surface area (Å²) in [4.78, 5) is 11.8. The maximum absolute atomic E-state index is 11.8. The molecule has 1 aromatic heterocycles. The number of amides is 1. The van der Waals surface area contributed by atoms with E-state index in [2.05, 4.69) is 10.6 Å². The minimum Gasteiger partial charge on any atom is -0.467 e. The normalized spacial score (nSPS) is 22.7. The molecule has 1 aromatic rings. The molecule has 5 heteroatoms. The van der Waals surface area contributed by atoms with E-state index in [0.717, 1.165) is 12.3 Å². The number of carbonyl (C=O) groups is 1. The summed E-state index contributed by atoms with van der Waals surface area (Å²) >= 11 is 0. The number of rotatable bonds is 3. The molecule has 1 fully saturated rings. The van der Waals surface area contributed by atoms with E-state index in [1.807, 2.05) is 13.0 Å². The van der Waals surface area contributed by atoms with Gasteiger partial charge in [0.05, 0.1) is 18.9 Å². The highest BCUT2D eigenvalue weighted by Gasteiger charge is 2.23. The molecule has 1 amide bonds. The summed E-state index contributed by atoms with van der Waals surface area (Å²) in [6.07, 6.45) is 1.20. The highest BCUT2D eigenvalue weighted by Crippen LogP contribution is 2.12. The average Bonchev–Trinajstić information content (AvgIpc) is 2.83. The molecular weight excluding hydrogens is 208 g/mol. The SMILES string of the molecule is C[C@@H](NC(=O)C1CNCCO1)c1ccco1. The van der Waals surface area contributed by atoms with E-state index in [0.29, 0.717) is 13.2 Å². The van der Waals surface area contributed by atoms with E-state index < -0.39 is 6.10 Å². The number of morpholine rings is 1. The molecule has 2 N–H and O–H groups in total. The third kappa shape index (κ3) is 2.62. The second-order valence-corrected chi connectivity index (χ2v) is 3.81. The highest BCUT2D eigenvalue weighted by molar-refractivity contribution is 5.81. The van der Waals surface area contributed by atoms with Crippen LogP contribution < -0.4 is 10.6 Å². The zero-order valence-electron chi connectivity index (χ0n) is 9.23. The van der Waals surface area contributed by atoms with Crippen LogP contribution in [0, 0.1) is 0 Å². The Morgan fingerprint density at radius 2 is 2.56 bits per heavy atom. The van der Waals surface area contributed by atoms with E-state index in [-0.39, 0.29) is 11.9 Å². The van der Waals surface area contributed by atoms with E-state index in [1.165, 1.54) is 0 Å². The Morgan fingerprint density at radius 1 is 1.69 bits per heavy atom. The topological polar surface area (TPSA) is 63.5 Å². The van der Waals surface area contributed by atoms with Crippen molar-refractivity contribution in [3.8, 4) is 0 Å². The number of hydrogen-bond acceptors (Lipinski definition) is 4. The molecule has 0 saturated carbocycles. The molecule has 1 unspecified atom stereocenters. The highest BCUT2D eigenvalue weighted by atomic mass is 16.5. The predicted molar refractivity (Wildman–Crippen MR) is 57.9 cm³/mol. The molecule has 0 aromatic carbocycles. The number of hydrogen-bond donors (Lipinski definition) is 2. The van der Waals surface area contributed by atoms with E-state index >= 15 is 0 Å². The van der Waals surface area contributed by atoms with Crippen LogP contribution in [0.4, 0.5) is 0 Å². The molecule has 5 nitrogen and oxygen atoms in total. The lowest BCUT2D eigenvalue weighted by Gasteiger charge is -2.24. The molecule has 1 saturated heterocycles. The smallest absolute Gasteiger partial charge is 0.251 e. The van der Waals surface area contributed by atoms with Gasteiger partial charge in [0.15, 0.2) is 0 Å². The first-order valence-electron chi connectivity index (χ1n) is 5.43. The Kier molecular flexibility index (Phi) is 3.58. The zero-order chi connectivity index (χ0) is 11.4. The average molecular weight is 224 g/mol. The molecule has 2 heterocycles. The Bertz CT molecular complexity index is 331. The minimum absolute atomic E-state index is 0.101. The molecule has 0 aliphatic carbocycles. The molecule has 1 aliphatic heterocycles. The number of carbonyl (C=O) groups excluding carboxylic acids is 1. The fourth-order valence-corrected chi connectivity index (χ4v) is 1.65. The molecular formula is C11H16N2O3. The summed E-state index contributed by atoms with van der Waals surface area (Å²) in [5.41, 5.74) is 0. The quantitative estimate of drug-likeness (QED) is 0.782. The van der Waals surface area contributed by atoms with Crippen LogP contribution in [-0.2, 0) is 9.53 Å². The van der Waals surface area contributed by atoms with Gasteiger partial charge in [-0.1, -0.05) is 0 Å². The van der Waals surface area contributed by atoms with Crippen molar-refractivity contribution in [1.82, 2.24) is 10.6 Å². The fourth-order valence-electron chi connectivity index (χ4n) is 1.65. The van der Waals surface area contributed by atoms with Crippen molar-refractivity contribution in [2.45, 2.75) is 19.1 Å². The largest absolute Gasteiger partial charge is 0.467 e. The third-order valence-corrected chi connectivity index (χ3v) is 2.55. The summed E-state index contributed by atoms with van der Waals surface area (Å²) in [7, 11) is 0. The Hall–Kier alpha value is -1.33. The Labute approximate surface area is 94.1 Å². The van der Waals surface area contributed by atoms with Gasteiger partial charge in [-0.15, -0.1) is 0 Å². The van der Waals surface area contributed by atoms with Gasteiger partial charge < -0.3 is 19.8 Å². The summed E-state index contributed by atoms with van der Waals surface area (Å²) < 4.78 is 10.6. The maximum atomic E-state index is 11.8. The van der Waals surface area contributed by atoms with Gasteiger partial charge in [-0.25, -0.2) is 0 Å². The van der Waals surface area contributed by atoms with Crippen LogP contribution in [-0.4, -0.2) is 31.7 Å². The molecule has 1 aliphatic rings. The number of ether oxygens (including phenoxy) is 1. The summed E-state index contributed by atoms with van der Waals surface area (Å²) in [6, 6.07) is 3.51. The van der Waals surface area contributed by atoms with E-state index in [1.54, 1.807) is 12.3 Å². The van der Waals surface area contributed by atoms with Gasteiger partial charge in [0.2, 0.25) is 0 Å². The maximum Gasteiger partial charge on any atom is 0.251 e. The zero-order valence-corrected chi connectivity index (χ0v) is 9.23. The number of nitrogens with one attached hydrogen (secondary N) is 2. The lowest BCUT2D eigenvalue weighted by molar-refractivity contribution is -0.135. The second-order valence-electron chi connectivity index (χ2n) is 3.81. The molecule has 16 heavy (non-hydrogen) atoms. The van der Waals surface area contributed by atoms with Crippen molar-refractivity contribution in [2.24, 2.45) is 0 Å². The van der Waals surface area contributed by atoms with Gasteiger partial charge in [-0.05, 0) is 19.1 Å². The standard InChI is InChI=1S/C11H16N2O3/c1-8(9-3-2-5-15-9)13-11(14)10-7-12-4-6-16-10/h2-3,5,8,10,12H,4,6-7H2,1H3,(H,13,14)/t8-,10?/m1/s1. The predicted octanol–water partition coefficient (Wildman–Crippen LogP) is 0.445. The van der Waals surface area contributed by atoms with Crippen molar-refractivity contribution in [3.63, 3.8) is 0 Å². The first-order valence-corrected chi connectivity index (χ1v) is 5.43. The molecule has 2 rings (SSSR count). The van der Waals surface area contributed by atoms with Crippen LogP contribution in [0.5, 0.6) is 0 Å². The molecule has 88 valence electrons. The van der Waals surface area contributed by atoms with Crippen molar-refractivity contribution < 1.29 is 13.9 Å². The minimum atomic E-state index is -0.397. The van der Waals surface area contributed by atoms with Crippen LogP contribution >= 0.6 is 0 Å². The Morgan fingerprint density at radius 3 is 3.19 bits per heavy atom. The molecule has 2 atom stereocenters. The fraction of sp³-hybridized carbons (Fsp3) is 0.545. The van der Waals surface area contributed by atoms with Crippen molar-refractivity contribution in [2.75, 3.05) is 19.7 Å². The van der Waals surface area contributed by atoms with Gasteiger partial charge in [-0.2, -0.15) is 0 Å². The van der Waals surface area contributed by atoms with Crippen molar-refractivity contribution in [3.05, 3.63) is 24.2 Å². The van der Waals surface area contributed by atoms with Crippen LogP contribution in [0.2, 0.25) is 0 Å². The van der Waals surface area contributed by atoms with Gasteiger partial charge in [-0.3, -0.25) is 4.79 Å². The van der Waals surface area contributed by atoms with Crippen molar-refractivity contribution in [1.29, 1.82) is 0 Å². The summed E-state index contributed by atoms with van der Waals surface area (Å²) in [6.45, 7) is 3.83. The molecule has 0 radical (unpaired) electrons. The van der Waals surface area contributed by atoms with Gasteiger partial charge >= 0.3 is 0 Å². The lowest BCUT2D eigenvalue weighted by atomic mass is 10.2. The Balaban J connectivity index is 1.86. The lowest BCUT2D eigenvalue weighted by Crippen LogP contribution is -2.48. The first kappa shape index (κ1) is 11.2. The summed E-state index contributed by atoms with van der Waals surface area (Å²) in [5, 5.41) is 5.97. The van der Waals surface area contributed by atoms with Crippen LogP contribution in [0.3, 0.4) is 0 Å². The van der Waals surface area contributed by atoms with Gasteiger partial charge in [0, 0.05) is 13.1 Å². The van der Waals surface area contributed by atoms with Crippen LogP contribution in [0.15, 0.2) is 22.8 Å². The van der Waals surface area contributed by atoms with Crippen LogP contribution in [0.1, 0.15) is 18.7 Å².